The van der Waals surface area contributed by atoms with Crippen LogP contribution in [0.3, 0.4) is 0 Å². The van der Waals surface area contributed by atoms with Crippen molar-refractivity contribution in [3.63, 3.8) is 0 Å². The zero-order chi connectivity index (χ0) is 9.26. The zero-order valence-electron chi connectivity index (χ0n) is 7.47. The van der Waals surface area contributed by atoms with Gasteiger partial charge in [-0.1, -0.05) is 11.6 Å². The molecule has 2 rings (SSSR count). The maximum Gasteiger partial charge on any atom is 0.152 e. The molecule has 13 heavy (non-hydrogen) atoms. The van der Waals surface area contributed by atoms with Crippen LogP contribution in [0.15, 0.2) is 12.3 Å². The van der Waals surface area contributed by atoms with E-state index in [1.165, 1.54) is 0 Å². The number of nitrogens with zero attached hydrogens (tertiary/aromatic N) is 1. The van der Waals surface area contributed by atoms with Crippen LogP contribution in [-0.4, -0.2) is 24.1 Å². The Balaban J connectivity index is 2.13. The summed E-state index contributed by atoms with van der Waals surface area (Å²) in [4.78, 5) is 4.07. The lowest BCUT2D eigenvalue weighted by Gasteiger charge is -2.29. The number of hydrogen-bond donors (Lipinski definition) is 2. The van der Waals surface area contributed by atoms with Gasteiger partial charge in [0.05, 0.1) is 11.7 Å². The molecule has 0 spiro atoms. The minimum absolute atomic E-state index is 0.501. The first kappa shape index (κ1) is 8.78. The third-order valence-electron chi connectivity index (χ3n) is 2.12. The summed E-state index contributed by atoms with van der Waals surface area (Å²) >= 11 is 5.93. The Kier molecular flexibility index (Phi) is 2.38. The van der Waals surface area contributed by atoms with Crippen molar-refractivity contribution in [3.05, 3.63) is 23.0 Å². The highest BCUT2D eigenvalue weighted by Gasteiger charge is 2.17. The van der Waals surface area contributed by atoms with E-state index >= 15 is 0 Å². The largest absolute Gasteiger partial charge is 0.377 e. The topological polar surface area (TPSA) is 37.0 Å². The van der Waals surface area contributed by atoms with Crippen LogP contribution in [0.2, 0.25) is 5.15 Å². The summed E-state index contributed by atoms with van der Waals surface area (Å²) in [5.41, 5.74) is 2.06. The number of nitrogens with one attached hydrogen (secondary N) is 2. The number of hydrogen-bond acceptors (Lipinski definition) is 3. The highest BCUT2D eigenvalue weighted by atomic mass is 35.5. The van der Waals surface area contributed by atoms with E-state index in [4.69, 9.17) is 11.6 Å². The third-order valence-corrected chi connectivity index (χ3v) is 2.42. The van der Waals surface area contributed by atoms with Gasteiger partial charge in [-0.3, -0.25) is 0 Å². The van der Waals surface area contributed by atoms with Gasteiger partial charge in [-0.05, 0) is 18.6 Å². The summed E-state index contributed by atoms with van der Waals surface area (Å²) in [6, 6.07) is 2.52. The van der Waals surface area contributed by atoms with Crippen molar-refractivity contribution in [1.82, 2.24) is 10.3 Å². The SMILES string of the molecule is Cc1cnc(Cl)c(NC2CNC2)c1. The van der Waals surface area contributed by atoms with Crippen molar-refractivity contribution in [2.75, 3.05) is 18.4 Å². The van der Waals surface area contributed by atoms with Crippen LogP contribution < -0.4 is 10.6 Å². The van der Waals surface area contributed by atoms with E-state index in [2.05, 4.69) is 15.6 Å². The van der Waals surface area contributed by atoms with E-state index in [9.17, 15) is 0 Å². The number of aryl methyl sites for hydroxylation is 1. The molecule has 1 aliphatic rings. The molecular formula is C9H12ClN3. The lowest BCUT2D eigenvalue weighted by molar-refractivity contribution is 0.472. The van der Waals surface area contributed by atoms with E-state index in [1.807, 2.05) is 13.0 Å². The molecule has 1 aliphatic heterocycles. The Bertz CT molecular complexity index is 310. The number of anilines is 1. The van der Waals surface area contributed by atoms with Crippen LogP contribution in [-0.2, 0) is 0 Å². The lowest BCUT2D eigenvalue weighted by Crippen LogP contribution is -2.51. The zero-order valence-corrected chi connectivity index (χ0v) is 8.23. The van der Waals surface area contributed by atoms with Gasteiger partial charge in [0.25, 0.3) is 0 Å². The second-order valence-electron chi connectivity index (χ2n) is 3.35. The summed E-state index contributed by atoms with van der Waals surface area (Å²) < 4.78 is 0. The van der Waals surface area contributed by atoms with Gasteiger partial charge in [0, 0.05) is 19.3 Å². The molecule has 3 nitrogen and oxygen atoms in total. The number of pyridine rings is 1. The predicted octanol–water partition coefficient (Wildman–Crippen LogP) is 1.43. The summed E-state index contributed by atoms with van der Waals surface area (Å²) in [7, 11) is 0. The molecular weight excluding hydrogens is 186 g/mol. The fourth-order valence-corrected chi connectivity index (χ4v) is 1.42. The van der Waals surface area contributed by atoms with Crippen LogP contribution in [0.5, 0.6) is 0 Å². The normalized spacial score (nSPS) is 16.8. The minimum Gasteiger partial charge on any atom is -0.377 e. The monoisotopic (exact) mass is 197 g/mol. The van der Waals surface area contributed by atoms with Gasteiger partial charge < -0.3 is 10.6 Å². The van der Waals surface area contributed by atoms with Crippen LogP contribution in [0, 0.1) is 6.92 Å². The molecule has 0 atom stereocenters. The van der Waals surface area contributed by atoms with Crippen molar-refractivity contribution < 1.29 is 0 Å². The summed E-state index contributed by atoms with van der Waals surface area (Å²) in [6.45, 7) is 4.02. The Morgan fingerprint density at radius 2 is 2.38 bits per heavy atom. The van der Waals surface area contributed by atoms with Crippen LogP contribution in [0.1, 0.15) is 5.56 Å². The first-order valence-corrected chi connectivity index (χ1v) is 4.73. The van der Waals surface area contributed by atoms with Gasteiger partial charge in [0.1, 0.15) is 0 Å². The van der Waals surface area contributed by atoms with Crippen molar-refractivity contribution in [1.29, 1.82) is 0 Å². The molecule has 0 bridgehead atoms. The van der Waals surface area contributed by atoms with Gasteiger partial charge in [-0.25, -0.2) is 4.98 Å². The molecule has 70 valence electrons. The molecule has 2 heterocycles. The number of aromatic nitrogens is 1. The molecule has 1 aromatic heterocycles. The Hall–Kier alpha value is -0.800. The number of rotatable bonds is 2. The highest BCUT2D eigenvalue weighted by molar-refractivity contribution is 6.31. The third kappa shape index (κ3) is 1.92. The molecule has 0 aromatic carbocycles. The van der Waals surface area contributed by atoms with Crippen LogP contribution in [0.25, 0.3) is 0 Å². The molecule has 4 heteroatoms. The van der Waals surface area contributed by atoms with E-state index in [1.54, 1.807) is 6.20 Å². The Labute approximate surface area is 82.5 Å². The molecule has 1 saturated heterocycles. The second-order valence-corrected chi connectivity index (χ2v) is 3.71. The maximum atomic E-state index is 5.93. The van der Waals surface area contributed by atoms with Crippen molar-refractivity contribution in [3.8, 4) is 0 Å². The molecule has 0 amide bonds. The Morgan fingerprint density at radius 1 is 1.62 bits per heavy atom. The summed E-state index contributed by atoms with van der Waals surface area (Å²) in [6.07, 6.45) is 1.77. The summed E-state index contributed by atoms with van der Waals surface area (Å²) in [5, 5.41) is 7.07. The molecule has 1 fully saturated rings. The molecule has 1 aromatic rings. The van der Waals surface area contributed by atoms with Crippen molar-refractivity contribution in [2.45, 2.75) is 13.0 Å². The average Bonchev–Trinajstić information content (AvgIpc) is 2.03. The quantitative estimate of drug-likeness (QED) is 0.705. The van der Waals surface area contributed by atoms with E-state index < -0.39 is 0 Å². The highest BCUT2D eigenvalue weighted by Crippen LogP contribution is 2.21. The van der Waals surface area contributed by atoms with E-state index in [0.717, 1.165) is 24.3 Å². The van der Waals surface area contributed by atoms with Crippen LogP contribution in [0.4, 0.5) is 5.69 Å². The molecule has 0 unspecified atom stereocenters. The van der Waals surface area contributed by atoms with Crippen molar-refractivity contribution in [2.24, 2.45) is 0 Å². The standard InChI is InChI=1S/C9H12ClN3/c1-6-2-8(9(10)12-3-6)13-7-4-11-5-7/h2-3,7,11,13H,4-5H2,1H3. The molecule has 0 aliphatic carbocycles. The molecule has 0 saturated carbocycles. The lowest BCUT2D eigenvalue weighted by atomic mass is 10.1. The molecule has 2 N–H and O–H groups in total. The van der Waals surface area contributed by atoms with Gasteiger partial charge >= 0.3 is 0 Å². The fourth-order valence-electron chi connectivity index (χ4n) is 1.26. The summed E-state index contributed by atoms with van der Waals surface area (Å²) in [5.74, 6) is 0. The fraction of sp³-hybridized carbons (Fsp3) is 0.444. The first-order valence-electron chi connectivity index (χ1n) is 4.35. The van der Waals surface area contributed by atoms with E-state index in [-0.39, 0.29) is 0 Å². The average molecular weight is 198 g/mol. The van der Waals surface area contributed by atoms with E-state index in [0.29, 0.717) is 11.2 Å². The maximum absolute atomic E-state index is 5.93. The van der Waals surface area contributed by atoms with Gasteiger partial charge in [0.15, 0.2) is 5.15 Å². The van der Waals surface area contributed by atoms with Gasteiger partial charge in [-0.15, -0.1) is 0 Å². The van der Waals surface area contributed by atoms with Crippen molar-refractivity contribution >= 4 is 17.3 Å². The van der Waals surface area contributed by atoms with Crippen LogP contribution >= 0.6 is 11.6 Å². The molecule has 0 radical (unpaired) electrons. The van der Waals surface area contributed by atoms with Gasteiger partial charge in [-0.2, -0.15) is 0 Å². The predicted molar refractivity (Wildman–Crippen MR) is 54.3 cm³/mol. The number of halogens is 1. The second kappa shape index (κ2) is 3.52. The first-order chi connectivity index (χ1) is 6.25. The smallest absolute Gasteiger partial charge is 0.152 e. The Morgan fingerprint density at radius 3 is 3.00 bits per heavy atom. The minimum atomic E-state index is 0.501. The van der Waals surface area contributed by atoms with Gasteiger partial charge in [0.2, 0.25) is 0 Å².